The maximum absolute atomic E-state index is 13.7. The number of benzene rings is 3. The lowest BCUT2D eigenvalue weighted by molar-refractivity contribution is 0.0831. The fourth-order valence-corrected chi connectivity index (χ4v) is 7.14. The predicted octanol–water partition coefficient (Wildman–Crippen LogP) is 12.9. The molecule has 4 unspecified atom stereocenters. The largest absolute Gasteiger partial charge is 0.489 e. The lowest BCUT2D eigenvalue weighted by atomic mass is 9.73. The Morgan fingerprint density at radius 3 is 2.15 bits per heavy atom. The van der Waals surface area contributed by atoms with Gasteiger partial charge in [-0.3, -0.25) is 4.79 Å². The molecule has 3 heteroatoms. The van der Waals surface area contributed by atoms with Crippen LogP contribution in [-0.4, -0.2) is 11.9 Å². The predicted molar refractivity (Wildman–Crippen MR) is 201 cm³/mol. The minimum Gasteiger partial charge on any atom is -0.489 e. The zero-order valence-corrected chi connectivity index (χ0v) is 30.5. The van der Waals surface area contributed by atoms with Crippen molar-refractivity contribution in [3.8, 4) is 22.9 Å². The number of unbranched alkanes of at least 4 members (excludes halogenated alkanes) is 2. The third kappa shape index (κ3) is 10.2. The summed E-state index contributed by atoms with van der Waals surface area (Å²) >= 11 is 0. The summed E-state index contributed by atoms with van der Waals surface area (Å²) in [5.41, 5.74) is 8.06. The van der Waals surface area contributed by atoms with Gasteiger partial charge in [0, 0.05) is 11.5 Å². The van der Waals surface area contributed by atoms with Gasteiger partial charge >= 0.3 is 0 Å². The Bertz CT molecular complexity index is 1490. The van der Waals surface area contributed by atoms with Crippen molar-refractivity contribution < 1.29 is 9.53 Å². The Labute approximate surface area is 286 Å². The third-order valence-electron chi connectivity index (χ3n) is 10.1. The van der Waals surface area contributed by atoms with Gasteiger partial charge in [-0.1, -0.05) is 148 Å². The zero-order valence-electron chi connectivity index (χ0n) is 30.5. The van der Waals surface area contributed by atoms with E-state index in [1.165, 1.54) is 32.1 Å². The van der Waals surface area contributed by atoms with E-state index >= 15 is 0 Å². The van der Waals surface area contributed by atoms with E-state index in [1.807, 2.05) is 24.3 Å². The second kappa shape index (κ2) is 19.2. The first-order chi connectivity index (χ1) is 22.7. The molecule has 3 nitrogen and oxygen atoms in total. The van der Waals surface area contributed by atoms with Gasteiger partial charge in [-0.2, -0.15) is 5.26 Å². The molecule has 0 saturated heterocycles. The van der Waals surface area contributed by atoms with Crippen molar-refractivity contribution in [2.75, 3.05) is 0 Å². The molecule has 3 aromatic carbocycles. The number of nitriles is 1. The molecule has 252 valence electrons. The average Bonchev–Trinajstić information content (AvgIpc) is 3.09. The molecule has 0 aliphatic heterocycles. The van der Waals surface area contributed by atoms with Crippen LogP contribution >= 0.6 is 0 Å². The lowest BCUT2D eigenvalue weighted by Gasteiger charge is -2.30. The summed E-state index contributed by atoms with van der Waals surface area (Å²) < 4.78 is 6.27. The average molecular weight is 634 g/mol. The first-order valence-electron chi connectivity index (χ1n) is 18.4. The van der Waals surface area contributed by atoms with Crippen molar-refractivity contribution in [1.82, 2.24) is 0 Å². The number of Topliss-reactive ketones (excluding diaryl/α,β-unsaturated/α-hetero) is 1. The van der Waals surface area contributed by atoms with Gasteiger partial charge in [-0.05, 0) is 84.0 Å². The number of carbonyl (C=O) groups is 1. The molecule has 0 amide bonds. The molecule has 0 bridgehead atoms. The van der Waals surface area contributed by atoms with Crippen LogP contribution in [0.25, 0.3) is 22.8 Å². The second-order valence-electron chi connectivity index (χ2n) is 13.5. The minimum absolute atomic E-state index is 0.0255. The van der Waals surface area contributed by atoms with E-state index in [1.54, 1.807) is 0 Å². The van der Waals surface area contributed by atoms with Crippen LogP contribution in [0.4, 0.5) is 0 Å². The fourth-order valence-electron chi connectivity index (χ4n) is 7.14. The fraction of sp³-hybridized carbons (Fsp3) is 0.500. The number of hydrogen-bond acceptors (Lipinski definition) is 3. The topological polar surface area (TPSA) is 50.1 Å². The van der Waals surface area contributed by atoms with Gasteiger partial charge in [-0.15, -0.1) is 0 Å². The van der Waals surface area contributed by atoms with Crippen LogP contribution in [0.1, 0.15) is 145 Å². The monoisotopic (exact) mass is 633 g/mol. The molecular formula is C44H59NO2. The van der Waals surface area contributed by atoms with Crippen molar-refractivity contribution in [3.05, 3.63) is 88.5 Å². The summed E-state index contributed by atoms with van der Waals surface area (Å²) in [7, 11) is 0. The van der Waals surface area contributed by atoms with Gasteiger partial charge < -0.3 is 4.74 Å². The molecule has 47 heavy (non-hydrogen) atoms. The molecule has 0 aliphatic carbocycles. The molecule has 0 aromatic heterocycles. The zero-order chi connectivity index (χ0) is 34.3. The highest BCUT2D eigenvalue weighted by Gasteiger charge is 2.29. The van der Waals surface area contributed by atoms with E-state index in [0.29, 0.717) is 23.1 Å². The van der Waals surface area contributed by atoms with Crippen LogP contribution in [0.5, 0.6) is 5.75 Å². The summed E-state index contributed by atoms with van der Waals surface area (Å²) in [6.45, 7) is 17.5. The quantitative estimate of drug-likeness (QED) is 0.0974. The standard InChI is InChI=1S/C44H59NO2/c1-9-14-18-35(17-11-3)41(13-5)33(8)44(46)36-24-22-34(23-25-36)31(6)28-37-19-16-21-42(32(37)7)38-26-27-43(39(29-38)30-45)47-40(12-4)20-15-10-2/h16,19,21-29,33,35,40-41H,9-15,17-18,20H2,1-8H3/b31-28+. The van der Waals surface area contributed by atoms with Crippen LogP contribution in [0, 0.1) is 36.0 Å². The first-order valence-corrected chi connectivity index (χ1v) is 18.4. The number of allylic oxidation sites excluding steroid dienone is 1. The Hall–Kier alpha value is -3.64. The van der Waals surface area contributed by atoms with Crippen LogP contribution in [0.15, 0.2) is 60.7 Å². The second-order valence-corrected chi connectivity index (χ2v) is 13.5. The van der Waals surface area contributed by atoms with Crippen molar-refractivity contribution in [3.63, 3.8) is 0 Å². The molecule has 0 radical (unpaired) electrons. The lowest BCUT2D eigenvalue weighted by Crippen LogP contribution is -2.27. The number of hydrogen-bond donors (Lipinski definition) is 0. The van der Waals surface area contributed by atoms with E-state index in [0.717, 1.165) is 71.1 Å². The Morgan fingerprint density at radius 2 is 1.53 bits per heavy atom. The van der Waals surface area contributed by atoms with Gasteiger partial charge in [0.2, 0.25) is 0 Å². The highest BCUT2D eigenvalue weighted by atomic mass is 16.5. The molecule has 0 saturated carbocycles. The highest BCUT2D eigenvalue weighted by molar-refractivity contribution is 5.98. The molecule has 0 aliphatic rings. The van der Waals surface area contributed by atoms with Crippen LogP contribution in [-0.2, 0) is 0 Å². The van der Waals surface area contributed by atoms with Crippen LogP contribution < -0.4 is 4.74 Å². The highest BCUT2D eigenvalue weighted by Crippen LogP contribution is 2.35. The van der Waals surface area contributed by atoms with E-state index in [4.69, 9.17) is 4.74 Å². The summed E-state index contributed by atoms with van der Waals surface area (Å²) in [4.78, 5) is 13.7. The maximum atomic E-state index is 13.7. The van der Waals surface area contributed by atoms with Crippen molar-refractivity contribution in [1.29, 1.82) is 5.26 Å². The van der Waals surface area contributed by atoms with E-state index in [-0.39, 0.29) is 17.8 Å². The normalized spacial score (nSPS) is 14.2. The van der Waals surface area contributed by atoms with Gasteiger partial charge in [0.05, 0.1) is 11.7 Å². The molecule has 3 aromatic rings. The summed E-state index contributed by atoms with van der Waals surface area (Å²) in [5.74, 6) is 2.01. The molecule has 0 spiro atoms. The number of nitrogens with zero attached hydrogens (tertiary/aromatic N) is 1. The van der Waals surface area contributed by atoms with Crippen LogP contribution in [0.3, 0.4) is 0 Å². The summed E-state index contributed by atoms with van der Waals surface area (Å²) in [6, 6.07) is 22.9. The summed E-state index contributed by atoms with van der Waals surface area (Å²) in [6.07, 6.45) is 13.6. The van der Waals surface area contributed by atoms with Crippen LogP contribution in [0.2, 0.25) is 0 Å². The van der Waals surface area contributed by atoms with Crippen molar-refractivity contribution >= 4 is 17.4 Å². The van der Waals surface area contributed by atoms with Gasteiger partial charge in [0.1, 0.15) is 11.8 Å². The summed E-state index contributed by atoms with van der Waals surface area (Å²) in [5, 5.41) is 9.96. The Kier molecular flexibility index (Phi) is 15.5. The molecule has 3 rings (SSSR count). The molecule has 0 fully saturated rings. The smallest absolute Gasteiger partial charge is 0.165 e. The van der Waals surface area contributed by atoms with E-state index < -0.39 is 0 Å². The van der Waals surface area contributed by atoms with E-state index in [9.17, 15) is 10.1 Å². The number of rotatable bonds is 19. The van der Waals surface area contributed by atoms with E-state index in [2.05, 4.69) is 104 Å². The number of ketones is 1. The molecule has 0 N–H and O–H groups in total. The Morgan fingerprint density at radius 1 is 0.851 bits per heavy atom. The number of ether oxygens (including phenoxy) is 1. The Balaban J connectivity index is 1.81. The van der Waals surface area contributed by atoms with Gasteiger partial charge in [0.15, 0.2) is 5.78 Å². The minimum atomic E-state index is 0.0255. The maximum Gasteiger partial charge on any atom is 0.165 e. The van der Waals surface area contributed by atoms with Crippen molar-refractivity contribution in [2.45, 2.75) is 126 Å². The molecule has 4 atom stereocenters. The molecular weight excluding hydrogens is 574 g/mol. The molecule has 0 heterocycles. The SMILES string of the molecule is CCCCC(CC)Oc1ccc(-c2cccc(/C=C(\C)c3ccc(C(=O)C(C)C(CC)C(CCC)CCCC)cc3)c2C)cc1C#N. The third-order valence-corrected chi connectivity index (χ3v) is 10.1. The van der Waals surface area contributed by atoms with Gasteiger partial charge in [0.25, 0.3) is 0 Å². The first kappa shape index (κ1) is 37.8. The van der Waals surface area contributed by atoms with Crippen molar-refractivity contribution in [2.24, 2.45) is 17.8 Å². The van der Waals surface area contributed by atoms with Gasteiger partial charge in [-0.25, -0.2) is 0 Å². The number of carbonyl (C=O) groups excluding carboxylic acids is 1.